The average Bonchev–Trinajstić information content (AvgIpc) is 2.77. The number of rotatable bonds is 6. The molecule has 0 aromatic heterocycles. The monoisotopic (exact) mass is 325 g/mol. The second-order valence-electron chi connectivity index (χ2n) is 7.10. The van der Waals surface area contributed by atoms with Crippen LogP contribution in [0.25, 0.3) is 0 Å². The summed E-state index contributed by atoms with van der Waals surface area (Å²) in [6, 6.07) is 8.53. The smallest absolute Gasteiger partial charge is 0.151 e. The third-order valence-corrected chi connectivity index (χ3v) is 6.06. The van der Waals surface area contributed by atoms with Gasteiger partial charge in [-0.05, 0) is 51.3 Å². The first-order valence-corrected chi connectivity index (χ1v) is 9.68. The predicted octanol–water partition coefficient (Wildman–Crippen LogP) is 2.01. The van der Waals surface area contributed by atoms with Gasteiger partial charge in [-0.15, -0.1) is 0 Å². The van der Waals surface area contributed by atoms with Crippen LogP contribution in [0.15, 0.2) is 24.3 Å². The highest BCUT2D eigenvalue weighted by molar-refractivity contribution is 7.91. The van der Waals surface area contributed by atoms with Gasteiger partial charge in [-0.25, -0.2) is 8.42 Å². The largest absolute Gasteiger partial charge is 0.390 e. The lowest BCUT2D eigenvalue weighted by atomic mass is 9.98. The van der Waals surface area contributed by atoms with Crippen molar-refractivity contribution in [1.82, 2.24) is 4.90 Å². The van der Waals surface area contributed by atoms with Gasteiger partial charge >= 0.3 is 0 Å². The molecule has 5 heteroatoms. The highest BCUT2D eigenvalue weighted by Crippen LogP contribution is 2.19. The van der Waals surface area contributed by atoms with Gasteiger partial charge in [0, 0.05) is 12.6 Å². The number of hydrogen-bond acceptors (Lipinski definition) is 4. The van der Waals surface area contributed by atoms with Crippen LogP contribution in [-0.2, 0) is 22.8 Å². The van der Waals surface area contributed by atoms with Gasteiger partial charge in [-0.2, -0.15) is 0 Å². The first-order chi connectivity index (χ1) is 10.1. The maximum Gasteiger partial charge on any atom is 0.151 e. The van der Waals surface area contributed by atoms with E-state index in [2.05, 4.69) is 29.2 Å². The molecule has 1 aromatic carbocycles. The topological polar surface area (TPSA) is 57.6 Å². The molecule has 1 saturated heterocycles. The fraction of sp³-hybridized carbons (Fsp3) is 0.647. The van der Waals surface area contributed by atoms with Gasteiger partial charge in [0.15, 0.2) is 9.84 Å². The van der Waals surface area contributed by atoms with Gasteiger partial charge in [0.2, 0.25) is 0 Å². The number of sulfone groups is 1. The molecule has 1 atom stereocenters. The molecule has 0 radical (unpaired) electrons. The van der Waals surface area contributed by atoms with Gasteiger partial charge in [0.25, 0.3) is 0 Å². The molecule has 2 rings (SSSR count). The van der Waals surface area contributed by atoms with E-state index in [0.717, 1.165) is 25.8 Å². The normalized spacial score (nSPS) is 21.4. The van der Waals surface area contributed by atoms with Crippen molar-refractivity contribution in [1.29, 1.82) is 0 Å². The summed E-state index contributed by atoms with van der Waals surface area (Å²) in [5.74, 6) is 0.602. The zero-order valence-corrected chi connectivity index (χ0v) is 14.6. The van der Waals surface area contributed by atoms with Crippen LogP contribution in [0.5, 0.6) is 0 Å². The van der Waals surface area contributed by atoms with Crippen molar-refractivity contribution in [2.24, 2.45) is 0 Å². The molecule has 0 spiro atoms. The van der Waals surface area contributed by atoms with Crippen molar-refractivity contribution in [3.8, 4) is 0 Å². The fourth-order valence-corrected chi connectivity index (χ4v) is 4.61. The summed E-state index contributed by atoms with van der Waals surface area (Å²) in [4.78, 5) is 2.14. The van der Waals surface area contributed by atoms with Crippen LogP contribution in [0.3, 0.4) is 0 Å². The number of hydrogen-bond donors (Lipinski definition) is 1. The molecule has 124 valence electrons. The molecule has 4 nitrogen and oxygen atoms in total. The lowest BCUT2D eigenvalue weighted by molar-refractivity contribution is 0.0714. The Morgan fingerprint density at radius 2 is 1.82 bits per heavy atom. The summed E-state index contributed by atoms with van der Waals surface area (Å²) >= 11 is 0. The summed E-state index contributed by atoms with van der Waals surface area (Å²) < 4.78 is 23.1. The van der Waals surface area contributed by atoms with Crippen molar-refractivity contribution in [3.63, 3.8) is 0 Å². The Hall–Kier alpha value is -0.910. The van der Waals surface area contributed by atoms with Crippen molar-refractivity contribution < 1.29 is 13.5 Å². The summed E-state index contributed by atoms with van der Waals surface area (Å²) in [5.41, 5.74) is 1.78. The van der Waals surface area contributed by atoms with Gasteiger partial charge in [0.05, 0.1) is 17.1 Å². The number of nitrogens with zero attached hydrogens (tertiary/aromatic N) is 1. The van der Waals surface area contributed by atoms with Gasteiger partial charge in [-0.1, -0.05) is 24.3 Å². The van der Waals surface area contributed by atoms with E-state index in [1.165, 1.54) is 11.1 Å². The Morgan fingerprint density at radius 3 is 2.32 bits per heavy atom. The molecule has 0 amide bonds. The van der Waals surface area contributed by atoms with E-state index < -0.39 is 15.4 Å². The number of aryl methyl sites for hydroxylation is 1. The van der Waals surface area contributed by atoms with Crippen LogP contribution in [0.4, 0.5) is 0 Å². The predicted molar refractivity (Wildman–Crippen MR) is 89.6 cm³/mol. The number of aliphatic hydroxyl groups is 1. The molecule has 0 bridgehead atoms. The molecule has 1 aliphatic rings. The maximum atomic E-state index is 11.5. The zero-order valence-electron chi connectivity index (χ0n) is 13.7. The molecule has 1 N–H and O–H groups in total. The molecule has 1 heterocycles. The molecule has 1 aromatic rings. The second-order valence-corrected chi connectivity index (χ2v) is 9.33. The maximum absolute atomic E-state index is 11.5. The van der Waals surface area contributed by atoms with Gasteiger partial charge < -0.3 is 5.11 Å². The van der Waals surface area contributed by atoms with E-state index in [1.54, 1.807) is 0 Å². The zero-order chi connectivity index (χ0) is 16.4. The SMILES string of the molecule is CN(Cc1ccc(CCC(C)(C)O)cc1)[C@@H]1CCS(=O)(=O)C1. The third-order valence-electron chi connectivity index (χ3n) is 4.31. The van der Waals surface area contributed by atoms with Crippen LogP contribution in [0.1, 0.15) is 37.8 Å². The van der Waals surface area contributed by atoms with Gasteiger partial charge in [-0.3, -0.25) is 4.90 Å². The molecule has 0 aliphatic carbocycles. The summed E-state index contributed by atoms with van der Waals surface area (Å²) in [7, 11) is -0.832. The van der Waals surface area contributed by atoms with E-state index in [0.29, 0.717) is 5.75 Å². The Balaban J connectivity index is 1.88. The molecule has 0 saturated carbocycles. The number of benzene rings is 1. The Morgan fingerprint density at radius 1 is 1.23 bits per heavy atom. The lowest BCUT2D eigenvalue weighted by Crippen LogP contribution is -2.32. The quantitative estimate of drug-likeness (QED) is 0.869. The van der Waals surface area contributed by atoms with Crippen LogP contribution >= 0.6 is 0 Å². The Bertz CT molecular complexity index is 587. The molecule has 1 aliphatic heterocycles. The average molecular weight is 325 g/mol. The third kappa shape index (κ3) is 5.38. The van der Waals surface area contributed by atoms with Crippen molar-refractivity contribution in [2.75, 3.05) is 18.6 Å². The molecular weight excluding hydrogens is 298 g/mol. The fourth-order valence-electron chi connectivity index (χ4n) is 2.80. The van der Waals surface area contributed by atoms with Crippen molar-refractivity contribution in [2.45, 2.75) is 51.3 Å². The lowest BCUT2D eigenvalue weighted by Gasteiger charge is -2.23. The Labute approximate surface area is 134 Å². The molecule has 22 heavy (non-hydrogen) atoms. The highest BCUT2D eigenvalue weighted by Gasteiger charge is 2.30. The Kier molecular flexibility index (Phi) is 5.30. The first kappa shape index (κ1) is 17.4. The molecular formula is C17H27NO3S. The van der Waals surface area contributed by atoms with Crippen molar-refractivity contribution >= 4 is 9.84 Å². The second kappa shape index (κ2) is 6.69. The van der Waals surface area contributed by atoms with Crippen molar-refractivity contribution in [3.05, 3.63) is 35.4 Å². The molecule has 1 fully saturated rings. The van der Waals surface area contributed by atoms with E-state index in [-0.39, 0.29) is 11.8 Å². The summed E-state index contributed by atoms with van der Waals surface area (Å²) in [6.45, 7) is 4.42. The highest BCUT2D eigenvalue weighted by atomic mass is 32.2. The van der Waals surface area contributed by atoms with E-state index in [4.69, 9.17) is 0 Å². The minimum atomic E-state index is -2.83. The van der Waals surface area contributed by atoms with E-state index in [1.807, 2.05) is 20.9 Å². The van der Waals surface area contributed by atoms with Crippen LogP contribution in [0.2, 0.25) is 0 Å². The van der Waals surface area contributed by atoms with E-state index in [9.17, 15) is 13.5 Å². The van der Waals surface area contributed by atoms with Crippen LogP contribution in [-0.4, -0.2) is 48.6 Å². The standard InChI is InChI=1S/C17H27NO3S/c1-17(2,19)10-8-14-4-6-15(7-5-14)12-18(3)16-9-11-22(20,21)13-16/h4-7,16,19H,8-13H2,1-3H3/t16-/m1/s1. The van der Waals surface area contributed by atoms with Gasteiger partial charge in [0.1, 0.15) is 0 Å². The molecule has 0 unspecified atom stereocenters. The van der Waals surface area contributed by atoms with Crippen LogP contribution < -0.4 is 0 Å². The first-order valence-electron chi connectivity index (χ1n) is 7.85. The summed E-state index contributed by atoms with van der Waals surface area (Å²) in [6.07, 6.45) is 2.34. The minimum Gasteiger partial charge on any atom is -0.390 e. The van der Waals surface area contributed by atoms with Crippen LogP contribution in [0, 0.1) is 0 Å². The van der Waals surface area contributed by atoms with E-state index >= 15 is 0 Å². The minimum absolute atomic E-state index is 0.139. The summed E-state index contributed by atoms with van der Waals surface area (Å²) in [5, 5.41) is 9.76.